The minimum absolute atomic E-state index is 0.0331. The Kier molecular flexibility index (Phi) is 9.45. The zero-order valence-electron chi connectivity index (χ0n) is 21.4. The molecule has 2 aromatic carbocycles. The molecule has 0 spiro atoms. The van der Waals surface area contributed by atoms with Crippen LogP contribution in [0.15, 0.2) is 70.6 Å². The van der Waals surface area contributed by atoms with Gasteiger partial charge in [-0.25, -0.2) is 12.8 Å². The van der Waals surface area contributed by atoms with Crippen molar-refractivity contribution in [2.75, 3.05) is 13.1 Å². The van der Waals surface area contributed by atoms with Gasteiger partial charge in [0.2, 0.25) is 15.9 Å². The van der Waals surface area contributed by atoms with Crippen molar-refractivity contribution < 1.29 is 30.8 Å². The third-order valence-corrected chi connectivity index (χ3v) is 8.21. The molecule has 1 amide bonds. The summed E-state index contributed by atoms with van der Waals surface area (Å²) in [6, 6.07) is 10.7. The van der Waals surface area contributed by atoms with Gasteiger partial charge < -0.3 is 10.6 Å². The summed E-state index contributed by atoms with van der Waals surface area (Å²) in [5.41, 5.74) is -0.0417. The molecule has 1 atom stereocenters. The van der Waals surface area contributed by atoms with E-state index in [0.717, 1.165) is 6.07 Å². The van der Waals surface area contributed by atoms with Crippen molar-refractivity contribution in [3.05, 3.63) is 77.1 Å². The number of carbonyl (C=O) groups is 1. The number of halogens is 5. The van der Waals surface area contributed by atoms with E-state index in [0.29, 0.717) is 11.1 Å². The molecule has 0 aliphatic carbocycles. The summed E-state index contributed by atoms with van der Waals surface area (Å²) in [4.78, 5) is 17.0. The fraction of sp³-hybridized carbons (Fsp3) is 0.385. The lowest BCUT2D eigenvalue weighted by Crippen LogP contribution is -2.51. The van der Waals surface area contributed by atoms with Crippen molar-refractivity contribution in [1.82, 2.24) is 14.9 Å². The lowest BCUT2D eigenvalue weighted by molar-refractivity contribution is -0.136. The van der Waals surface area contributed by atoms with Crippen LogP contribution < -0.4 is 10.6 Å². The number of rotatable bonds is 11. The molecule has 2 N–H and O–H groups in total. The summed E-state index contributed by atoms with van der Waals surface area (Å²) in [7, 11) is -3.97. The van der Waals surface area contributed by atoms with Gasteiger partial charge in [-0.05, 0) is 55.7 Å². The topological polar surface area (TPSA) is 90.9 Å². The van der Waals surface area contributed by atoms with E-state index in [1.165, 1.54) is 28.6 Å². The molecule has 2 aromatic rings. The van der Waals surface area contributed by atoms with Crippen LogP contribution in [0.25, 0.3) is 0 Å². The SMILES string of the molecule is C=C(CCN(Cc1ccc(F)c(Cl)c1)S(=O)(=O)c1ccccc1)C1=N[C@@H](C(=O)NCCC(F)(F)F)C(C)(C)N1. The van der Waals surface area contributed by atoms with Crippen molar-refractivity contribution in [3.63, 3.8) is 0 Å². The molecule has 0 saturated carbocycles. The smallest absolute Gasteiger partial charge is 0.363 e. The highest BCUT2D eigenvalue weighted by molar-refractivity contribution is 7.89. The quantitative estimate of drug-likeness (QED) is 0.368. The number of aliphatic imine (C=N–C) groups is 1. The minimum Gasteiger partial charge on any atom is -0.363 e. The first-order valence-electron chi connectivity index (χ1n) is 12.0. The van der Waals surface area contributed by atoms with E-state index in [1.54, 1.807) is 32.0 Å². The zero-order valence-corrected chi connectivity index (χ0v) is 22.9. The van der Waals surface area contributed by atoms with Gasteiger partial charge in [-0.3, -0.25) is 9.79 Å². The van der Waals surface area contributed by atoms with Crippen LogP contribution in [0.1, 0.15) is 32.3 Å². The average Bonchev–Trinajstić information content (AvgIpc) is 3.18. The van der Waals surface area contributed by atoms with E-state index in [9.17, 15) is 30.8 Å². The molecule has 13 heteroatoms. The van der Waals surface area contributed by atoms with E-state index in [4.69, 9.17) is 11.6 Å². The van der Waals surface area contributed by atoms with Crippen molar-refractivity contribution in [2.45, 2.75) is 55.9 Å². The standard InChI is InChI=1S/C26H29ClF4N4O3S/c1-17(23-33-22(25(2,3)34-23)24(36)32-13-12-26(29,30)31)11-14-35(16-18-9-10-21(28)20(27)15-18)39(37,38)19-7-5-4-6-8-19/h4-10,15,22H,1,11-14,16H2,2-3H3,(H,32,36)(H,33,34)/t22-/m0/s1. The number of benzene rings is 2. The van der Waals surface area contributed by atoms with Gasteiger partial charge in [0.1, 0.15) is 11.7 Å². The van der Waals surface area contributed by atoms with Crippen molar-refractivity contribution in [2.24, 2.45) is 4.99 Å². The van der Waals surface area contributed by atoms with Crippen LogP contribution in [0.3, 0.4) is 0 Å². The Balaban J connectivity index is 1.76. The second-order valence-corrected chi connectivity index (χ2v) is 12.0. The van der Waals surface area contributed by atoms with Crippen LogP contribution in [0, 0.1) is 5.82 Å². The number of amidine groups is 1. The molecule has 0 radical (unpaired) electrons. The highest BCUT2D eigenvalue weighted by Gasteiger charge is 2.41. The van der Waals surface area contributed by atoms with Gasteiger partial charge in [-0.2, -0.15) is 17.5 Å². The van der Waals surface area contributed by atoms with Crippen LogP contribution in [0.2, 0.25) is 5.02 Å². The predicted octanol–water partition coefficient (Wildman–Crippen LogP) is 4.83. The Morgan fingerprint density at radius 3 is 2.49 bits per heavy atom. The van der Waals surface area contributed by atoms with Gasteiger partial charge in [0, 0.05) is 19.6 Å². The van der Waals surface area contributed by atoms with Crippen LogP contribution >= 0.6 is 11.6 Å². The first-order chi connectivity index (χ1) is 18.1. The van der Waals surface area contributed by atoms with Gasteiger partial charge in [-0.15, -0.1) is 0 Å². The third-order valence-electron chi connectivity index (χ3n) is 6.06. The molecular formula is C26H29ClF4N4O3S. The summed E-state index contributed by atoms with van der Waals surface area (Å²) in [6.45, 7) is 6.64. The Labute approximate surface area is 230 Å². The monoisotopic (exact) mass is 588 g/mol. The van der Waals surface area contributed by atoms with Crippen LogP contribution in [-0.2, 0) is 21.4 Å². The molecule has 0 fully saturated rings. The van der Waals surface area contributed by atoms with Crippen LogP contribution in [0.4, 0.5) is 17.6 Å². The summed E-state index contributed by atoms with van der Waals surface area (Å²) in [5, 5.41) is 5.19. The van der Waals surface area contributed by atoms with Gasteiger partial charge >= 0.3 is 6.18 Å². The number of nitrogens with one attached hydrogen (secondary N) is 2. The number of nitrogens with zero attached hydrogens (tertiary/aromatic N) is 2. The second kappa shape index (κ2) is 12.1. The zero-order chi connectivity index (χ0) is 29.0. The molecule has 0 aromatic heterocycles. The molecule has 39 heavy (non-hydrogen) atoms. The Bertz CT molecular complexity index is 1350. The molecule has 1 heterocycles. The van der Waals surface area contributed by atoms with E-state index in [1.807, 2.05) is 0 Å². The Hall–Kier alpha value is -2.96. The molecule has 1 aliphatic heterocycles. The molecule has 212 valence electrons. The fourth-order valence-corrected chi connectivity index (χ4v) is 5.58. The highest BCUT2D eigenvalue weighted by Crippen LogP contribution is 2.25. The minimum atomic E-state index is -4.40. The van der Waals surface area contributed by atoms with Gasteiger partial charge in [0.25, 0.3) is 0 Å². The first-order valence-corrected chi connectivity index (χ1v) is 13.8. The van der Waals surface area contributed by atoms with E-state index in [2.05, 4.69) is 22.2 Å². The van der Waals surface area contributed by atoms with Crippen molar-refractivity contribution >= 4 is 33.4 Å². The maximum atomic E-state index is 13.7. The molecule has 3 rings (SSSR count). The number of hydrogen-bond acceptors (Lipinski definition) is 5. The normalized spacial score (nSPS) is 17.0. The average molecular weight is 589 g/mol. The van der Waals surface area contributed by atoms with Crippen LogP contribution in [0.5, 0.6) is 0 Å². The van der Waals surface area contributed by atoms with Gasteiger partial charge in [0.05, 0.1) is 21.9 Å². The van der Waals surface area contributed by atoms with E-state index < -0.39 is 52.5 Å². The van der Waals surface area contributed by atoms with E-state index in [-0.39, 0.29) is 35.3 Å². The fourth-order valence-electron chi connectivity index (χ4n) is 3.93. The largest absolute Gasteiger partial charge is 0.390 e. The maximum Gasteiger partial charge on any atom is 0.390 e. The maximum absolute atomic E-state index is 13.7. The first kappa shape index (κ1) is 30.6. The molecule has 1 aliphatic rings. The molecule has 0 unspecified atom stereocenters. The number of sulfonamides is 1. The Morgan fingerprint density at radius 1 is 1.21 bits per heavy atom. The second-order valence-electron chi connectivity index (χ2n) is 9.64. The summed E-state index contributed by atoms with van der Waals surface area (Å²) in [5.74, 6) is -1.03. The third kappa shape index (κ3) is 8.02. The number of amides is 1. The predicted molar refractivity (Wildman–Crippen MR) is 141 cm³/mol. The van der Waals surface area contributed by atoms with Gasteiger partial charge in [-0.1, -0.05) is 42.4 Å². The number of alkyl halides is 3. The molecule has 0 saturated heterocycles. The molecule has 0 bridgehead atoms. The van der Waals surface area contributed by atoms with E-state index >= 15 is 0 Å². The Morgan fingerprint density at radius 2 is 1.87 bits per heavy atom. The van der Waals surface area contributed by atoms with Crippen LogP contribution in [-0.4, -0.2) is 55.3 Å². The number of carbonyl (C=O) groups excluding carboxylic acids is 1. The lowest BCUT2D eigenvalue weighted by Gasteiger charge is -2.26. The van der Waals surface area contributed by atoms with Crippen molar-refractivity contribution in [1.29, 1.82) is 0 Å². The van der Waals surface area contributed by atoms with Gasteiger partial charge in [0.15, 0.2) is 6.04 Å². The van der Waals surface area contributed by atoms with Crippen molar-refractivity contribution in [3.8, 4) is 0 Å². The number of hydrogen-bond donors (Lipinski definition) is 2. The highest BCUT2D eigenvalue weighted by atomic mass is 35.5. The molecule has 7 nitrogen and oxygen atoms in total. The summed E-state index contributed by atoms with van der Waals surface area (Å²) < 4.78 is 79.1. The summed E-state index contributed by atoms with van der Waals surface area (Å²) in [6.07, 6.45) is -5.44. The summed E-state index contributed by atoms with van der Waals surface area (Å²) >= 11 is 5.89. The lowest BCUT2D eigenvalue weighted by atomic mass is 9.96. The molecular weight excluding hydrogens is 560 g/mol.